The Kier molecular flexibility index (Phi) is 6.07. The van der Waals surface area contributed by atoms with Gasteiger partial charge in [0.25, 0.3) is 0 Å². The van der Waals surface area contributed by atoms with Gasteiger partial charge >= 0.3 is 0 Å². The van der Waals surface area contributed by atoms with Crippen molar-refractivity contribution >= 4 is 10.0 Å². The summed E-state index contributed by atoms with van der Waals surface area (Å²) in [5.74, 6) is 1.15. The summed E-state index contributed by atoms with van der Waals surface area (Å²) in [5.41, 5.74) is 3.21. The number of sulfonamides is 1. The van der Waals surface area contributed by atoms with Crippen LogP contribution < -0.4 is 14.2 Å². The molecule has 1 aliphatic rings. The SMILES string of the molecule is CC[C@@H](NS(=O)(=O)c1cc2c(cc1OC)CCCC2)c1ccc(OC)cc1. The van der Waals surface area contributed by atoms with Crippen LogP contribution in [0.15, 0.2) is 41.3 Å². The molecule has 0 spiro atoms. The summed E-state index contributed by atoms with van der Waals surface area (Å²) in [7, 11) is -0.591. The molecule has 1 N–H and O–H groups in total. The van der Waals surface area contributed by atoms with Crippen LogP contribution in [0.2, 0.25) is 0 Å². The molecule has 0 radical (unpaired) electrons. The van der Waals surface area contributed by atoms with Crippen LogP contribution in [0.4, 0.5) is 0 Å². The van der Waals surface area contributed by atoms with Gasteiger partial charge in [-0.3, -0.25) is 0 Å². The van der Waals surface area contributed by atoms with Crippen molar-refractivity contribution < 1.29 is 17.9 Å². The summed E-state index contributed by atoms with van der Waals surface area (Å²) in [6.07, 6.45) is 4.75. The normalized spacial score (nSPS) is 15.1. The number of fused-ring (bicyclic) bond motifs is 1. The molecular weight excluding hydrogens is 362 g/mol. The van der Waals surface area contributed by atoms with Crippen LogP contribution in [0.5, 0.6) is 11.5 Å². The topological polar surface area (TPSA) is 64.6 Å². The zero-order valence-electron chi connectivity index (χ0n) is 16.1. The largest absolute Gasteiger partial charge is 0.497 e. The average Bonchev–Trinajstić information content (AvgIpc) is 2.71. The van der Waals surface area contributed by atoms with Gasteiger partial charge in [0, 0.05) is 6.04 Å². The number of benzene rings is 2. The maximum absolute atomic E-state index is 13.1. The molecule has 0 aromatic heterocycles. The Bertz CT molecular complexity index is 891. The van der Waals surface area contributed by atoms with Crippen molar-refractivity contribution in [3.8, 4) is 11.5 Å². The lowest BCUT2D eigenvalue weighted by Gasteiger charge is -2.22. The predicted molar refractivity (Wildman–Crippen MR) is 106 cm³/mol. The molecule has 0 heterocycles. The van der Waals surface area contributed by atoms with Gasteiger partial charge in [-0.15, -0.1) is 0 Å². The van der Waals surface area contributed by atoms with Gasteiger partial charge in [-0.05, 0) is 73.1 Å². The van der Waals surface area contributed by atoms with E-state index >= 15 is 0 Å². The molecule has 0 saturated carbocycles. The Balaban J connectivity index is 1.92. The van der Waals surface area contributed by atoms with E-state index in [1.54, 1.807) is 13.2 Å². The Labute approximate surface area is 161 Å². The van der Waals surface area contributed by atoms with Gasteiger partial charge in [0.15, 0.2) is 0 Å². The van der Waals surface area contributed by atoms with Gasteiger partial charge in [0.05, 0.1) is 14.2 Å². The second-order valence-corrected chi connectivity index (χ2v) is 8.52. The molecule has 1 aliphatic carbocycles. The molecule has 3 rings (SSSR count). The number of rotatable bonds is 7. The molecule has 146 valence electrons. The highest BCUT2D eigenvalue weighted by atomic mass is 32.2. The molecule has 27 heavy (non-hydrogen) atoms. The fraction of sp³-hybridized carbons (Fsp3) is 0.429. The number of aryl methyl sites for hydroxylation is 2. The smallest absolute Gasteiger partial charge is 0.244 e. The first-order chi connectivity index (χ1) is 13.0. The molecule has 0 saturated heterocycles. The molecule has 2 aromatic carbocycles. The monoisotopic (exact) mass is 389 g/mol. The Morgan fingerprint density at radius 1 is 1.00 bits per heavy atom. The van der Waals surface area contributed by atoms with Crippen LogP contribution in [-0.4, -0.2) is 22.6 Å². The van der Waals surface area contributed by atoms with Crippen LogP contribution >= 0.6 is 0 Å². The van der Waals surface area contributed by atoms with E-state index in [4.69, 9.17) is 9.47 Å². The van der Waals surface area contributed by atoms with Crippen molar-refractivity contribution in [1.82, 2.24) is 4.72 Å². The lowest BCUT2D eigenvalue weighted by molar-refractivity contribution is 0.400. The minimum atomic E-state index is -3.72. The predicted octanol–water partition coefficient (Wildman–Crippen LogP) is 4.01. The molecule has 1 atom stereocenters. The van der Waals surface area contributed by atoms with Gasteiger partial charge in [0.2, 0.25) is 10.0 Å². The minimum Gasteiger partial charge on any atom is -0.497 e. The van der Waals surface area contributed by atoms with Crippen molar-refractivity contribution in [2.45, 2.75) is 50.0 Å². The molecular formula is C21H27NO4S. The first-order valence-electron chi connectivity index (χ1n) is 9.34. The van der Waals surface area contributed by atoms with Crippen LogP contribution in [0.3, 0.4) is 0 Å². The van der Waals surface area contributed by atoms with Crippen LogP contribution in [0.1, 0.15) is 48.9 Å². The van der Waals surface area contributed by atoms with Crippen molar-refractivity contribution in [1.29, 1.82) is 0 Å². The maximum atomic E-state index is 13.1. The van der Waals surface area contributed by atoms with E-state index in [9.17, 15) is 8.42 Å². The van der Waals surface area contributed by atoms with Crippen molar-refractivity contribution in [3.05, 3.63) is 53.1 Å². The van der Waals surface area contributed by atoms with Gasteiger partial charge in [-0.2, -0.15) is 0 Å². The lowest BCUT2D eigenvalue weighted by atomic mass is 9.92. The average molecular weight is 390 g/mol. The zero-order chi connectivity index (χ0) is 19.4. The number of hydrogen-bond acceptors (Lipinski definition) is 4. The summed E-state index contributed by atoms with van der Waals surface area (Å²) < 4.78 is 39.7. The quantitative estimate of drug-likeness (QED) is 0.777. The second kappa shape index (κ2) is 8.31. The standard InChI is InChI=1S/C21H27NO4S/c1-4-19(15-9-11-18(25-2)12-10-15)22-27(23,24)21-14-17-8-6-5-7-16(17)13-20(21)26-3/h9-14,19,22H,4-8H2,1-3H3/t19-/m1/s1. The molecule has 2 aromatic rings. The van der Waals surface area contributed by atoms with Gasteiger partial charge in [0.1, 0.15) is 16.4 Å². The third-order valence-electron chi connectivity index (χ3n) is 5.14. The van der Waals surface area contributed by atoms with Crippen molar-refractivity contribution in [3.63, 3.8) is 0 Å². The van der Waals surface area contributed by atoms with E-state index in [0.717, 1.165) is 42.6 Å². The molecule has 0 fully saturated rings. The first-order valence-corrected chi connectivity index (χ1v) is 10.8. The van der Waals surface area contributed by atoms with E-state index in [1.807, 2.05) is 37.3 Å². The summed E-state index contributed by atoms with van der Waals surface area (Å²) in [4.78, 5) is 0.220. The van der Waals surface area contributed by atoms with Crippen LogP contribution in [0, 0.1) is 0 Å². The molecule has 0 bridgehead atoms. The fourth-order valence-electron chi connectivity index (χ4n) is 3.58. The molecule has 5 nitrogen and oxygen atoms in total. The molecule has 0 aliphatic heterocycles. The Hall–Kier alpha value is -2.05. The van der Waals surface area contributed by atoms with E-state index < -0.39 is 10.0 Å². The number of nitrogens with one attached hydrogen (secondary N) is 1. The summed E-state index contributed by atoms with van der Waals surface area (Å²) in [5, 5.41) is 0. The van der Waals surface area contributed by atoms with Crippen molar-refractivity contribution in [2.24, 2.45) is 0 Å². The van der Waals surface area contributed by atoms with Crippen molar-refractivity contribution in [2.75, 3.05) is 14.2 Å². The Morgan fingerprint density at radius 2 is 1.63 bits per heavy atom. The third-order valence-corrected chi connectivity index (χ3v) is 6.63. The zero-order valence-corrected chi connectivity index (χ0v) is 16.9. The number of ether oxygens (including phenoxy) is 2. The first kappa shape index (κ1) is 19.7. The van der Waals surface area contributed by atoms with Gasteiger partial charge in [-0.1, -0.05) is 19.1 Å². The number of methoxy groups -OCH3 is 2. The Morgan fingerprint density at radius 3 is 2.19 bits per heavy atom. The molecule has 0 amide bonds. The van der Waals surface area contributed by atoms with E-state index in [1.165, 1.54) is 12.7 Å². The van der Waals surface area contributed by atoms with Gasteiger partial charge < -0.3 is 9.47 Å². The van der Waals surface area contributed by atoms with Crippen LogP contribution in [0.25, 0.3) is 0 Å². The van der Waals surface area contributed by atoms with E-state index in [-0.39, 0.29) is 10.9 Å². The highest BCUT2D eigenvalue weighted by molar-refractivity contribution is 7.89. The van der Waals surface area contributed by atoms with E-state index in [2.05, 4.69) is 4.72 Å². The number of hydrogen-bond donors (Lipinski definition) is 1. The minimum absolute atomic E-state index is 0.220. The highest BCUT2D eigenvalue weighted by Crippen LogP contribution is 2.33. The third kappa shape index (κ3) is 4.28. The van der Waals surface area contributed by atoms with Gasteiger partial charge in [-0.25, -0.2) is 13.1 Å². The summed E-state index contributed by atoms with van der Waals surface area (Å²) in [6, 6.07) is 10.8. The maximum Gasteiger partial charge on any atom is 0.244 e. The highest BCUT2D eigenvalue weighted by Gasteiger charge is 2.26. The lowest BCUT2D eigenvalue weighted by Crippen LogP contribution is -2.29. The second-order valence-electron chi connectivity index (χ2n) is 6.83. The molecule has 0 unspecified atom stereocenters. The summed E-state index contributed by atoms with van der Waals surface area (Å²) in [6.45, 7) is 1.96. The molecule has 6 heteroatoms. The fourth-order valence-corrected chi connectivity index (χ4v) is 5.09. The van der Waals surface area contributed by atoms with E-state index in [0.29, 0.717) is 12.2 Å². The van der Waals surface area contributed by atoms with Crippen LogP contribution in [-0.2, 0) is 22.9 Å². The summed E-state index contributed by atoms with van der Waals surface area (Å²) >= 11 is 0.